The van der Waals surface area contributed by atoms with E-state index in [-0.39, 0.29) is 11.8 Å². The molecule has 0 aliphatic carbocycles. The SMILES string of the molecule is CCC(=O)N1c2ccccc2[C@H]2C(=O)NC(SC)=NN2[C@H]1c1ccc(OC)c(Br)c1. The van der Waals surface area contributed by atoms with Gasteiger partial charge in [0.05, 0.1) is 17.3 Å². The fourth-order valence-corrected chi connectivity index (χ4v) is 4.76. The Kier molecular flexibility index (Phi) is 5.75. The van der Waals surface area contributed by atoms with E-state index in [9.17, 15) is 9.59 Å². The molecule has 7 nitrogen and oxygen atoms in total. The van der Waals surface area contributed by atoms with Gasteiger partial charge in [-0.1, -0.05) is 43.0 Å². The predicted octanol–water partition coefficient (Wildman–Crippen LogP) is 4.02. The first-order valence-electron chi connectivity index (χ1n) is 9.46. The maximum absolute atomic E-state index is 13.1. The molecule has 9 heteroatoms. The van der Waals surface area contributed by atoms with E-state index in [2.05, 4.69) is 21.2 Å². The zero-order valence-corrected chi connectivity index (χ0v) is 19.2. The zero-order chi connectivity index (χ0) is 21.4. The van der Waals surface area contributed by atoms with Crippen LogP contribution in [-0.2, 0) is 9.59 Å². The number of amides is 2. The lowest BCUT2D eigenvalue weighted by atomic mass is 9.95. The number of rotatable bonds is 3. The summed E-state index contributed by atoms with van der Waals surface area (Å²) in [7, 11) is 1.60. The molecule has 2 aromatic carbocycles. The molecule has 30 heavy (non-hydrogen) atoms. The summed E-state index contributed by atoms with van der Waals surface area (Å²) in [6, 6.07) is 12.5. The Balaban J connectivity index is 1.97. The highest BCUT2D eigenvalue weighted by atomic mass is 79.9. The minimum absolute atomic E-state index is 0.0512. The second kappa shape index (κ2) is 8.31. The number of ether oxygens (including phenoxy) is 1. The van der Waals surface area contributed by atoms with Crippen molar-refractivity contribution >= 4 is 50.4 Å². The number of carbonyl (C=O) groups excluding carboxylic acids is 2. The number of fused-ring (bicyclic) bond motifs is 3. The van der Waals surface area contributed by atoms with Crippen LogP contribution in [0.25, 0.3) is 0 Å². The van der Waals surface area contributed by atoms with Gasteiger partial charge in [-0.05, 0) is 45.9 Å². The van der Waals surface area contributed by atoms with E-state index < -0.39 is 12.2 Å². The van der Waals surface area contributed by atoms with Crippen LogP contribution in [0.2, 0.25) is 0 Å². The second-order valence-corrected chi connectivity index (χ2v) is 8.47. The Bertz CT molecular complexity index is 1040. The van der Waals surface area contributed by atoms with E-state index in [1.807, 2.05) is 55.6 Å². The van der Waals surface area contributed by atoms with Crippen LogP contribution >= 0.6 is 27.7 Å². The van der Waals surface area contributed by atoms with Crippen molar-refractivity contribution < 1.29 is 14.3 Å². The fourth-order valence-electron chi connectivity index (χ4n) is 3.83. The largest absolute Gasteiger partial charge is 0.496 e. The standard InChI is InChI=1S/C21H21BrN4O3S/c1-4-17(27)25-15-8-6-5-7-13(15)18-19(28)23-21(30-3)24-26(18)20(25)12-9-10-16(29-2)14(22)11-12/h5-11,18,20H,4H2,1-3H3,(H,23,24,28)/t18-,20-/m0/s1. The van der Waals surface area contributed by atoms with Crippen molar-refractivity contribution in [3.63, 3.8) is 0 Å². The second-order valence-electron chi connectivity index (χ2n) is 6.82. The number of hydrogen-bond donors (Lipinski definition) is 1. The molecular weight excluding hydrogens is 468 g/mol. The van der Waals surface area contributed by atoms with Gasteiger partial charge in [0.15, 0.2) is 17.4 Å². The van der Waals surface area contributed by atoms with Gasteiger partial charge in [0.25, 0.3) is 5.91 Å². The molecule has 0 aromatic heterocycles. The van der Waals surface area contributed by atoms with Gasteiger partial charge in [-0.15, -0.1) is 5.10 Å². The normalized spacial score (nSPS) is 20.1. The molecule has 156 valence electrons. The summed E-state index contributed by atoms with van der Waals surface area (Å²) >= 11 is 4.89. The molecule has 0 unspecified atom stereocenters. The first kappa shape index (κ1) is 20.7. The average molecular weight is 489 g/mol. The zero-order valence-electron chi connectivity index (χ0n) is 16.8. The smallest absolute Gasteiger partial charge is 0.255 e. The lowest BCUT2D eigenvalue weighted by Gasteiger charge is -2.48. The van der Waals surface area contributed by atoms with E-state index in [0.29, 0.717) is 17.3 Å². The molecule has 4 rings (SSSR count). The lowest BCUT2D eigenvalue weighted by molar-refractivity contribution is -0.130. The van der Waals surface area contributed by atoms with Crippen LogP contribution in [0.15, 0.2) is 52.0 Å². The minimum atomic E-state index is -0.635. The quantitative estimate of drug-likeness (QED) is 0.705. The number of methoxy groups -OCH3 is 1. The number of halogens is 1. The number of carbonyl (C=O) groups is 2. The number of amidine groups is 1. The molecule has 2 aliphatic heterocycles. The number of benzene rings is 2. The van der Waals surface area contributed by atoms with E-state index in [1.54, 1.807) is 17.0 Å². The van der Waals surface area contributed by atoms with Gasteiger partial charge in [0.1, 0.15) is 5.75 Å². The Morgan fingerprint density at radius 3 is 2.73 bits per heavy atom. The Labute approximate surface area is 187 Å². The van der Waals surface area contributed by atoms with Crippen molar-refractivity contribution in [2.45, 2.75) is 25.6 Å². The molecular formula is C21H21BrN4O3S. The van der Waals surface area contributed by atoms with Crippen molar-refractivity contribution in [3.8, 4) is 5.75 Å². The van der Waals surface area contributed by atoms with Crippen molar-refractivity contribution in [1.29, 1.82) is 0 Å². The molecule has 2 heterocycles. The topological polar surface area (TPSA) is 74.2 Å². The number of nitrogens with one attached hydrogen (secondary N) is 1. The van der Waals surface area contributed by atoms with Gasteiger partial charge in [-0.2, -0.15) is 0 Å². The third-order valence-electron chi connectivity index (χ3n) is 5.17. The van der Waals surface area contributed by atoms with Gasteiger partial charge in [-0.3, -0.25) is 19.5 Å². The molecule has 2 atom stereocenters. The molecule has 0 saturated carbocycles. The molecule has 2 aliphatic rings. The summed E-state index contributed by atoms with van der Waals surface area (Å²) in [5.41, 5.74) is 2.30. The van der Waals surface area contributed by atoms with E-state index in [4.69, 9.17) is 9.84 Å². The highest BCUT2D eigenvalue weighted by molar-refractivity contribution is 9.10. The summed E-state index contributed by atoms with van der Waals surface area (Å²) in [5.74, 6) is 0.470. The highest BCUT2D eigenvalue weighted by Crippen LogP contribution is 2.47. The number of hydrazone groups is 1. The Morgan fingerprint density at radius 1 is 1.30 bits per heavy atom. The molecule has 0 fully saturated rings. The van der Waals surface area contributed by atoms with Crippen molar-refractivity contribution in [2.24, 2.45) is 5.10 Å². The van der Waals surface area contributed by atoms with Gasteiger partial charge in [0.2, 0.25) is 5.91 Å². The molecule has 0 bridgehead atoms. The first-order chi connectivity index (χ1) is 14.5. The number of nitrogens with zero attached hydrogens (tertiary/aromatic N) is 3. The summed E-state index contributed by atoms with van der Waals surface area (Å²) < 4.78 is 6.12. The minimum Gasteiger partial charge on any atom is -0.496 e. The van der Waals surface area contributed by atoms with Crippen LogP contribution < -0.4 is 15.0 Å². The summed E-state index contributed by atoms with van der Waals surface area (Å²) in [5, 5.41) is 9.80. The summed E-state index contributed by atoms with van der Waals surface area (Å²) in [6.07, 6.45) is 1.60. The number of para-hydroxylation sites is 1. The summed E-state index contributed by atoms with van der Waals surface area (Å²) in [6.45, 7) is 1.83. The average Bonchev–Trinajstić information content (AvgIpc) is 2.77. The number of anilines is 1. The van der Waals surface area contributed by atoms with E-state index >= 15 is 0 Å². The third-order valence-corrected chi connectivity index (χ3v) is 6.36. The van der Waals surface area contributed by atoms with Crippen molar-refractivity contribution in [2.75, 3.05) is 18.3 Å². The molecule has 1 N–H and O–H groups in total. The van der Waals surface area contributed by atoms with Crippen LogP contribution in [0.5, 0.6) is 5.75 Å². The van der Waals surface area contributed by atoms with Crippen molar-refractivity contribution in [1.82, 2.24) is 10.3 Å². The predicted molar refractivity (Wildman–Crippen MR) is 121 cm³/mol. The van der Waals surface area contributed by atoms with Crippen LogP contribution in [0.1, 0.15) is 36.7 Å². The van der Waals surface area contributed by atoms with Gasteiger partial charge in [-0.25, -0.2) is 0 Å². The van der Waals surface area contributed by atoms with Gasteiger partial charge in [0, 0.05) is 12.0 Å². The molecule has 0 spiro atoms. The monoisotopic (exact) mass is 488 g/mol. The Morgan fingerprint density at radius 2 is 2.07 bits per heavy atom. The molecule has 2 aromatic rings. The first-order valence-corrected chi connectivity index (χ1v) is 11.5. The fraction of sp³-hybridized carbons (Fsp3) is 0.286. The maximum Gasteiger partial charge on any atom is 0.255 e. The molecule has 2 amide bonds. The van der Waals surface area contributed by atoms with E-state index in [1.165, 1.54) is 11.8 Å². The van der Waals surface area contributed by atoms with Crippen LogP contribution in [0.4, 0.5) is 5.69 Å². The third kappa shape index (κ3) is 3.35. The maximum atomic E-state index is 13.1. The molecule has 0 saturated heterocycles. The van der Waals surface area contributed by atoms with Crippen molar-refractivity contribution in [3.05, 3.63) is 58.1 Å². The van der Waals surface area contributed by atoms with Gasteiger partial charge >= 0.3 is 0 Å². The number of hydrogen-bond acceptors (Lipinski definition) is 6. The van der Waals surface area contributed by atoms with Crippen LogP contribution in [0.3, 0.4) is 0 Å². The lowest BCUT2D eigenvalue weighted by Crippen LogP contribution is -2.55. The highest BCUT2D eigenvalue weighted by Gasteiger charge is 2.47. The summed E-state index contributed by atoms with van der Waals surface area (Å²) in [4.78, 5) is 27.9. The number of thioether (sulfide) groups is 1. The molecule has 0 radical (unpaired) electrons. The van der Waals surface area contributed by atoms with Crippen LogP contribution in [-0.4, -0.2) is 35.4 Å². The van der Waals surface area contributed by atoms with Gasteiger partial charge < -0.3 is 10.1 Å². The van der Waals surface area contributed by atoms with Crippen LogP contribution in [0, 0.1) is 0 Å². The van der Waals surface area contributed by atoms with E-state index in [0.717, 1.165) is 21.3 Å². The Hall–Kier alpha value is -2.52.